The summed E-state index contributed by atoms with van der Waals surface area (Å²) in [5, 5.41) is 19.8. The van der Waals surface area contributed by atoms with Crippen LogP contribution in [0.1, 0.15) is 28.3 Å². The number of rotatable bonds is 5. The van der Waals surface area contributed by atoms with Gasteiger partial charge in [0.05, 0.1) is 0 Å². The summed E-state index contributed by atoms with van der Waals surface area (Å²) in [6.45, 7) is 3.95. The average Bonchev–Trinajstić information content (AvgIpc) is 2.48. The molecule has 0 spiro atoms. The monoisotopic (exact) mass is 333 g/mol. The number of anilines is 1. The van der Waals surface area contributed by atoms with Crippen LogP contribution in [0.3, 0.4) is 0 Å². The highest BCUT2D eigenvalue weighted by atomic mass is 35.5. The van der Waals surface area contributed by atoms with Crippen molar-refractivity contribution < 1.29 is 9.90 Å². The summed E-state index contributed by atoms with van der Waals surface area (Å²) in [5.41, 5.74) is 9.54. The van der Waals surface area contributed by atoms with E-state index in [2.05, 4.69) is 5.32 Å². The van der Waals surface area contributed by atoms with Crippen molar-refractivity contribution in [3.63, 3.8) is 0 Å². The van der Waals surface area contributed by atoms with Crippen LogP contribution in [0, 0.1) is 19.3 Å². The zero-order chi connectivity index (χ0) is 16.3. The number of hydrogen-bond donors (Lipinski definition) is 4. The van der Waals surface area contributed by atoms with Crippen molar-refractivity contribution in [3.8, 4) is 0 Å². The topological polar surface area (TPSA) is 99.2 Å². The Morgan fingerprint density at radius 3 is 2.22 bits per heavy atom. The van der Waals surface area contributed by atoms with Crippen LogP contribution in [-0.2, 0) is 4.79 Å². The minimum absolute atomic E-state index is 0. The molecule has 1 atom stereocenters. The van der Waals surface area contributed by atoms with E-state index < -0.39 is 12.0 Å². The molecule has 23 heavy (non-hydrogen) atoms. The van der Waals surface area contributed by atoms with Gasteiger partial charge in [0, 0.05) is 11.3 Å². The maximum atomic E-state index is 11.6. The molecule has 0 fully saturated rings. The van der Waals surface area contributed by atoms with Crippen molar-refractivity contribution in [2.75, 3.05) is 5.32 Å². The summed E-state index contributed by atoms with van der Waals surface area (Å²) < 4.78 is 0. The van der Waals surface area contributed by atoms with Crippen LogP contribution < -0.4 is 11.1 Å². The molecule has 0 saturated heterocycles. The fraction of sp³-hybridized carbons (Fsp3) is 0.176. The molecule has 0 aliphatic rings. The van der Waals surface area contributed by atoms with E-state index in [1.165, 1.54) is 0 Å². The summed E-state index contributed by atoms with van der Waals surface area (Å²) in [6, 6.07) is 11.6. The van der Waals surface area contributed by atoms with Gasteiger partial charge in [-0.2, -0.15) is 0 Å². The number of nitrogens with one attached hydrogen (secondary N) is 2. The predicted octanol–water partition coefficient (Wildman–Crippen LogP) is 3.25. The van der Waals surface area contributed by atoms with E-state index in [-0.39, 0.29) is 18.2 Å². The fourth-order valence-corrected chi connectivity index (χ4v) is 2.14. The van der Waals surface area contributed by atoms with Gasteiger partial charge in [-0.3, -0.25) is 5.41 Å². The molecule has 6 heteroatoms. The Labute approximate surface area is 141 Å². The number of benzene rings is 2. The quantitative estimate of drug-likeness (QED) is 0.498. The Morgan fingerprint density at radius 2 is 1.74 bits per heavy atom. The van der Waals surface area contributed by atoms with Gasteiger partial charge in [0.2, 0.25) is 0 Å². The Hall–Kier alpha value is -2.53. The standard InChI is InChI=1S/C17H19N3O2.ClH/c1-10-3-4-13(9-11(10)2)15(17(21)22)20-14-7-5-12(6-8-14)16(18)19;/h3-9,15,20H,1-2H3,(H3,18,19)(H,21,22);1H. The lowest BCUT2D eigenvalue weighted by Crippen LogP contribution is -2.20. The van der Waals surface area contributed by atoms with Crippen LogP contribution in [0.2, 0.25) is 0 Å². The summed E-state index contributed by atoms with van der Waals surface area (Å²) in [6.07, 6.45) is 0. The Bertz CT molecular complexity index is 714. The number of carbonyl (C=O) groups is 1. The smallest absolute Gasteiger partial charge is 0.330 e. The molecule has 0 bridgehead atoms. The molecule has 0 aliphatic carbocycles. The van der Waals surface area contributed by atoms with E-state index in [1.807, 2.05) is 32.0 Å². The Kier molecular flexibility index (Phi) is 6.16. The van der Waals surface area contributed by atoms with Crippen LogP contribution >= 0.6 is 12.4 Å². The van der Waals surface area contributed by atoms with Gasteiger partial charge in [-0.25, -0.2) is 4.79 Å². The molecule has 2 aromatic rings. The first-order valence-corrected chi connectivity index (χ1v) is 6.89. The number of nitrogen functional groups attached to an aromatic ring is 1. The normalized spacial score (nSPS) is 11.2. The molecule has 0 aromatic heterocycles. The lowest BCUT2D eigenvalue weighted by atomic mass is 10.0. The number of carboxylic acids is 1. The predicted molar refractivity (Wildman–Crippen MR) is 94.6 cm³/mol. The van der Waals surface area contributed by atoms with Crippen LogP contribution in [0.5, 0.6) is 0 Å². The third-order valence-electron chi connectivity index (χ3n) is 3.62. The maximum Gasteiger partial charge on any atom is 0.330 e. The molecule has 5 N–H and O–H groups in total. The molecular weight excluding hydrogens is 314 g/mol. The first-order chi connectivity index (χ1) is 10.4. The summed E-state index contributed by atoms with van der Waals surface area (Å²) >= 11 is 0. The van der Waals surface area contributed by atoms with E-state index >= 15 is 0 Å². The molecule has 1 unspecified atom stereocenters. The van der Waals surface area contributed by atoms with Gasteiger partial charge in [-0.05, 0) is 54.8 Å². The molecule has 0 amide bonds. The van der Waals surface area contributed by atoms with Gasteiger partial charge in [0.1, 0.15) is 5.84 Å². The SMILES string of the molecule is Cc1ccc(C(Nc2ccc(C(=N)N)cc2)C(=O)O)cc1C.Cl. The van der Waals surface area contributed by atoms with Gasteiger partial charge in [-0.1, -0.05) is 18.2 Å². The molecule has 122 valence electrons. The summed E-state index contributed by atoms with van der Waals surface area (Å²) in [5.74, 6) is -0.964. The van der Waals surface area contributed by atoms with Gasteiger partial charge in [0.25, 0.3) is 0 Å². The van der Waals surface area contributed by atoms with Crippen LogP contribution in [0.15, 0.2) is 42.5 Å². The van der Waals surface area contributed by atoms with Gasteiger partial charge in [-0.15, -0.1) is 12.4 Å². The van der Waals surface area contributed by atoms with Crippen molar-refractivity contribution in [3.05, 3.63) is 64.7 Å². The van der Waals surface area contributed by atoms with Crippen molar-refractivity contribution in [2.45, 2.75) is 19.9 Å². The summed E-state index contributed by atoms with van der Waals surface area (Å²) in [7, 11) is 0. The van der Waals surface area contributed by atoms with Crippen molar-refractivity contribution in [2.24, 2.45) is 5.73 Å². The highest BCUT2D eigenvalue weighted by Crippen LogP contribution is 2.22. The maximum absolute atomic E-state index is 11.6. The van der Waals surface area contributed by atoms with E-state index in [9.17, 15) is 9.90 Å². The first-order valence-electron chi connectivity index (χ1n) is 6.89. The minimum atomic E-state index is -0.945. The molecule has 0 aliphatic heterocycles. The second-order valence-electron chi connectivity index (χ2n) is 5.25. The number of carboxylic acid groups (broad SMARTS) is 1. The first kappa shape index (κ1) is 18.5. The van der Waals surface area contributed by atoms with E-state index in [1.54, 1.807) is 24.3 Å². The number of nitrogens with two attached hydrogens (primary N) is 1. The van der Waals surface area contributed by atoms with Crippen LogP contribution in [0.4, 0.5) is 5.69 Å². The summed E-state index contributed by atoms with van der Waals surface area (Å²) in [4.78, 5) is 11.6. The third kappa shape index (κ3) is 4.47. The molecule has 0 heterocycles. The second kappa shape index (κ2) is 7.65. The Balaban J connectivity index is 0.00000264. The van der Waals surface area contributed by atoms with Crippen molar-refractivity contribution >= 4 is 29.9 Å². The highest BCUT2D eigenvalue weighted by molar-refractivity contribution is 5.95. The molecule has 2 aromatic carbocycles. The van der Waals surface area contributed by atoms with Gasteiger partial charge < -0.3 is 16.2 Å². The van der Waals surface area contributed by atoms with Crippen LogP contribution in [-0.4, -0.2) is 16.9 Å². The number of amidine groups is 1. The van der Waals surface area contributed by atoms with Crippen LogP contribution in [0.25, 0.3) is 0 Å². The zero-order valence-corrected chi connectivity index (χ0v) is 13.8. The van der Waals surface area contributed by atoms with E-state index in [0.29, 0.717) is 16.8 Å². The molecule has 0 radical (unpaired) electrons. The van der Waals surface area contributed by atoms with Gasteiger partial charge in [0.15, 0.2) is 6.04 Å². The molecular formula is C17H20ClN3O2. The average molecular weight is 334 g/mol. The molecule has 5 nitrogen and oxygen atoms in total. The lowest BCUT2D eigenvalue weighted by molar-refractivity contribution is -0.138. The Morgan fingerprint density at radius 1 is 1.13 bits per heavy atom. The fourth-order valence-electron chi connectivity index (χ4n) is 2.14. The number of aliphatic carboxylic acids is 1. The third-order valence-corrected chi connectivity index (χ3v) is 3.62. The molecule has 0 saturated carbocycles. The lowest BCUT2D eigenvalue weighted by Gasteiger charge is -2.17. The largest absolute Gasteiger partial charge is 0.479 e. The zero-order valence-electron chi connectivity index (χ0n) is 13.0. The number of halogens is 1. The highest BCUT2D eigenvalue weighted by Gasteiger charge is 2.20. The minimum Gasteiger partial charge on any atom is -0.479 e. The van der Waals surface area contributed by atoms with Crippen molar-refractivity contribution in [1.29, 1.82) is 5.41 Å². The van der Waals surface area contributed by atoms with E-state index in [4.69, 9.17) is 11.1 Å². The molecule has 2 rings (SSSR count). The number of aryl methyl sites for hydroxylation is 2. The van der Waals surface area contributed by atoms with Gasteiger partial charge >= 0.3 is 5.97 Å². The second-order valence-corrected chi connectivity index (χ2v) is 5.25. The van der Waals surface area contributed by atoms with E-state index in [0.717, 1.165) is 11.1 Å². The van der Waals surface area contributed by atoms with Crippen molar-refractivity contribution in [1.82, 2.24) is 0 Å². The number of hydrogen-bond acceptors (Lipinski definition) is 3.